The lowest BCUT2D eigenvalue weighted by Crippen LogP contribution is -2.07. The van der Waals surface area contributed by atoms with Gasteiger partial charge in [0.2, 0.25) is 0 Å². The minimum Gasteiger partial charge on any atom is -0.497 e. The van der Waals surface area contributed by atoms with Crippen LogP contribution >= 0.6 is 0 Å². The second-order valence-corrected chi connectivity index (χ2v) is 3.14. The zero-order valence-corrected chi connectivity index (χ0v) is 8.61. The van der Waals surface area contributed by atoms with Gasteiger partial charge in [-0.15, -0.1) is 0 Å². The summed E-state index contributed by atoms with van der Waals surface area (Å²) in [6.45, 7) is 1.95. The molecule has 0 aliphatic rings. The predicted octanol–water partition coefficient (Wildman–Crippen LogP) is 1.76. The lowest BCUT2D eigenvalue weighted by molar-refractivity contribution is 0.415. The van der Waals surface area contributed by atoms with Crippen molar-refractivity contribution in [1.82, 2.24) is 4.98 Å². The van der Waals surface area contributed by atoms with Crippen molar-refractivity contribution in [2.45, 2.75) is 13.3 Å². The molecule has 0 unspecified atom stereocenters. The molecule has 0 aliphatic carbocycles. The first-order chi connectivity index (χ1) is 7.24. The van der Waals surface area contributed by atoms with E-state index in [0.29, 0.717) is 12.0 Å². The van der Waals surface area contributed by atoms with E-state index < -0.39 is 5.76 Å². The second-order valence-electron chi connectivity index (χ2n) is 3.14. The number of ether oxygens (including phenoxy) is 1. The fourth-order valence-electron chi connectivity index (χ4n) is 1.51. The Morgan fingerprint density at radius 3 is 2.93 bits per heavy atom. The van der Waals surface area contributed by atoms with Gasteiger partial charge in [-0.25, -0.2) is 4.79 Å². The number of aromatic nitrogens is 1. The molecule has 15 heavy (non-hydrogen) atoms. The average molecular weight is 205 g/mol. The van der Waals surface area contributed by atoms with Crippen LogP contribution in [-0.4, -0.2) is 12.1 Å². The molecule has 0 amide bonds. The Morgan fingerprint density at radius 1 is 1.47 bits per heavy atom. The molecule has 1 heterocycles. The summed E-state index contributed by atoms with van der Waals surface area (Å²) in [6, 6.07) is 5.30. The third kappa shape index (κ3) is 1.70. The molecule has 2 aromatic rings. The Morgan fingerprint density at radius 2 is 2.27 bits per heavy atom. The van der Waals surface area contributed by atoms with Crippen LogP contribution in [-0.2, 0) is 6.42 Å². The number of rotatable bonds is 2. The lowest BCUT2D eigenvalue weighted by Gasteiger charge is -2.03. The average Bonchev–Trinajstić information content (AvgIpc) is 2.27. The summed E-state index contributed by atoms with van der Waals surface area (Å²) < 4.78 is 10.1. The van der Waals surface area contributed by atoms with E-state index in [1.165, 1.54) is 0 Å². The van der Waals surface area contributed by atoms with E-state index in [9.17, 15) is 4.79 Å². The largest absolute Gasteiger partial charge is 0.497 e. The van der Waals surface area contributed by atoms with Crippen LogP contribution in [0, 0.1) is 0 Å². The normalized spacial score (nSPS) is 10.5. The highest BCUT2D eigenvalue weighted by Gasteiger charge is 2.06. The first-order valence-electron chi connectivity index (χ1n) is 4.72. The summed E-state index contributed by atoms with van der Waals surface area (Å²) >= 11 is 0. The number of hydrogen-bond acceptors (Lipinski definition) is 4. The molecule has 0 N–H and O–H groups in total. The highest BCUT2D eigenvalue weighted by molar-refractivity contribution is 5.80. The van der Waals surface area contributed by atoms with E-state index in [1.807, 2.05) is 13.0 Å². The van der Waals surface area contributed by atoms with Gasteiger partial charge in [-0.05, 0) is 24.6 Å². The summed E-state index contributed by atoms with van der Waals surface area (Å²) in [5.41, 5.74) is 1.29. The van der Waals surface area contributed by atoms with Crippen LogP contribution in [0.4, 0.5) is 0 Å². The van der Waals surface area contributed by atoms with Gasteiger partial charge in [-0.3, -0.25) is 0 Å². The number of methoxy groups -OCH3 is 1. The minimum absolute atomic E-state index is 0.549. The van der Waals surface area contributed by atoms with Crippen molar-refractivity contribution in [3.8, 4) is 5.75 Å². The lowest BCUT2D eigenvalue weighted by atomic mass is 10.1. The maximum absolute atomic E-state index is 11.1. The van der Waals surface area contributed by atoms with Crippen molar-refractivity contribution >= 4 is 11.0 Å². The number of fused-ring (bicyclic) bond motifs is 1. The van der Waals surface area contributed by atoms with E-state index in [2.05, 4.69) is 4.98 Å². The van der Waals surface area contributed by atoms with Crippen molar-refractivity contribution in [1.29, 1.82) is 0 Å². The van der Waals surface area contributed by atoms with Gasteiger partial charge in [0.1, 0.15) is 11.3 Å². The second kappa shape index (κ2) is 3.73. The zero-order chi connectivity index (χ0) is 10.8. The molecule has 0 saturated carbocycles. The van der Waals surface area contributed by atoms with Crippen molar-refractivity contribution in [3.63, 3.8) is 0 Å². The van der Waals surface area contributed by atoms with Gasteiger partial charge in [0.25, 0.3) is 0 Å². The molecular weight excluding hydrogens is 194 g/mol. The Kier molecular flexibility index (Phi) is 2.41. The SMILES string of the molecule is CCc1nc(=O)oc2ccc(OC)cc12. The van der Waals surface area contributed by atoms with E-state index in [1.54, 1.807) is 19.2 Å². The van der Waals surface area contributed by atoms with Crippen molar-refractivity contribution in [2.24, 2.45) is 0 Å². The highest BCUT2D eigenvalue weighted by atomic mass is 16.5. The zero-order valence-electron chi connectivity index (χ0n) is 8.61. The van der Waals surface area contributed by atoms with Crippen LogP contribution in [0.2, 0.25) is 0 Å². The topological polar surface area (TPSA) is 52.3 Å². The van der Waals surface area contributed by atoms with Gasteiger partial charge in [-0.1, -0.05) is 6.92 Å². The molecular formula is C11H11NO3. The van der Waals surface area contributed by atoms with E-state index in [4.69, 9.17) is 9.15 Å². The maximum Gasteiger partial charge on any atom is 0.439 e. The van der Waals surface area contributed by atoms with Crippen molar-refractivity contribution in [2.75, 3.05) is 7.11 Å². The van der Waals surface area contributed by atoms with Gasteiger partial charge in [0.15, 0.2) is 0 Å². The van der Waals surface area contributed by atoms with E-state index in [0.717, 1.165) is 16.8 Å². The molecule has 1 aromatic heterocycles. The van der Waals surface area contributed by atoms with Crippen molar-refractivity contribution in [3.05, 3.63) is 34.4 Å². The maximum atomic E-state index is 11.1. The fraction of sp³-hybridized carbons (Fsp3) is 0.273. The Bertz CT molecular complexity index is 545. The highest BCUT2D eigenvalue weighted by Crippen LogP contribution is 2.21. The molecule has 78 valence electrons. The minimum atomic E-state index is -0.551. The van der Waals surface area contributed by atoms with Crippen molar-refractivity contribution < 1.29 is 9.15 Å². The van der Waals surface area contributed by atoms with Crippen LogP contribution in [0.1, 0.15) is 12.6 Å². The molecule has 2 rings (SSSR count). The molecule has 0 aliphatic heterocycles. The van der Waals surface area contributed by atoms with Gasteiger partial charge in [0, 0.05) is 5.39 Å². The fourth-order valence-corrected chi connectivity index (χ4v) is 1.51. The number of aryl methyl sites for hydroxylation is 1. The molecule has 0 radical (unpaired) electrons. The first kappa shape index (κ1) is 9.71. The molecule has 0 bridgehead atoms. The van der Waals surface area contributed by atoms with Crippen LogP contribution in [0.3, 0.4) is 0 Å². The predicted molar refractivity (Wildman–Crippen MR) is 56.2 cm³/mol. The molecule has 0 atom stereocenters. The third-order valence-corrected chi connectivity index (χ3v) is 2.26. The molecule has 4 heteroatoms. The summed E-state index contributed by atoms with van der Waals surface area (Å²) in [6.07, 6.45) is 0.690. The molecule has 0 fully saturated rings. The number of nitrogens with zero attached hydrogens (tertiary/aromatic N) is 1. The summed E-state index contributed by atoms with van der Waals surface area (Å²) in [5.74, 6) is 0.178. The van der Waals surface area contributed by atoms with Gasteiger partial charge >= 0.3 is 5.76 Å². The molecule has 0 saturated heterocycles. The summed E-state index contributed by atoms with van der Waals surface area (Å²) in [4.78, 5) is 14.9. The monoisotopic (exact) mass is 205 g/mol. The van der Waals surface area contributed by atoms with E-state index in [-0.39, 0.29) is 0 Å². The van der Waals surface area contributed by atoms with Crippen LogP contribution in [0.5, 0.6) is 5.75 Å². The summed E-state index contributed by atoms with van der Waals surface area (Å²) in [7, 11) is 1.60. The molecule has 4 nitrogen and oxygen atoms in total. The van der Waals surface area contributed by atoms with Crippen LogP contribution in [0.25, 0.3) is 11.0 Å². The standard InChI is InChI=1S/C11H11NO3/c1-3-9-8-6-7(14-2)4-5-10(8)15-11(13)12-9/h4-6H,3H2,1-2H3. The quantitative estimate of drug-likeness (QED) is 0.749. The first-order valence-corrected chi connectivity index (χ1v) is 4.72. The number of benzene rings is 1. The molecule has 1 aromatic carbocycles. The smallest absolute Gasteiger partial charge is 0.439 e. The Hall–Kier alpha value is -1.84. The molecule has 0 spiro atoms. The van der Waals surface area contributed by atoms with Gasteiger partial charge in [-0.2, -0.15) is 4.98 Å². The van der Waals surface area contributed by atoms with Crippen LogP contribution in [0.15, 0.2) is 27.4 Å². The van der Waals surface area contributed by atoms with Gasteiger partial charge < -0.3 is 9.15 Å². The summed E-state index contributed by atoms with van der Waals surface area (Å²) in [5, 5.41) is 0.830. The Balaban J connectivity index is 2.79. The van der Waals surface area contributed by atoms with Crippen LogP contribution < -0.4 is 10.5 Å². The third-order valence-electron chi connectivity index (χ3n) is 2.26. The number of hydrogen-bond donors (Lipinski definition) is 0. The van der Waals surface area contributed by atoms with E-state index >= 15 is 0 Å². The Labute approximate surface area is 86.5 Å². The van der Waals surface area contributed by atoms with Gasteiger partial charge in [0.05, 0.1) is 12.8 Å².